The highest BCUT2D eigenvalue weighted by molar-refractivity contribution is 7.55. The first-order chi connectivity index (χ1) is 21.6. The molecule has 0 saturated carbocycles. The fraction of sp³-hybridized carbons (Fsp3) is 0.152. The van der Waals surface area contributed by atoms with E-state index in [4.69, 9.17) is 13.4 Å². The first kappa shape index (κ1) is 31.9. The number of nitrogens with one attached hydrogen (secondary N) is 2. The summed E-state index contributed by atoms with van der Waals surface area (Å²) in [5, 5.41) is 19.9. The van der Waals surface area contributed by atoms with Gasteiger partial charge in [-0.3, -0.25) is 4.57 Å². The summed E-state index contributed by atoms with van der Waals surface area (Å²) in [6, 6.07) is 18.7. The summed E-state index contributed by atoms with van der Waals surface area (Å²) in [6.45, 7) is 7.51. The minimum atomic E-state index is -0.333. The van der Waals surface area contributed by atoms with Gasteiger partial charge in [-0.1, -0.05) is 25.1 Å². The maximum atomic E-state index is 10.1. The van der Waals surface area contributed by atoms with Crippen LogP contribution in [-0.2, 0) is 4.57 Å². The van der Waals surface area contributed by atoms with E-state index in [1.165, 1.54) is 17.7 Å². The molecule has 2 radical (unpaired) electrons. The van der Waals surface area contributed by atoms with Crippen LogP contribution in [0.25, 0.3) is 67.1 Å². The number of imidazole rings is 2. The average Bonchev–Trinajstić information content (AvgIpc) is 3.76. The van der Waals surface area contributed by atoms with Crippen LogP contribution in [0.15, 0.2) is 69.5 Å². The zero-order valence-corrected chi connectivity index (χ0v) is 25.6. The second-order valence-electron chi connectivity index (χ2n) is 10.5. The van der Waals surface area contributed by atoms with E-state index in [-0.39, 0.29) is 27.3 Å². The van der Waals surface area contributed by atoms with Gasteiger partial charge in [0.2, 0.25) is 13.5 Å². The molecule has 0 unspecified atom stereocenters. The number of fused-ring (bicyclic) bond motifs is 4. The van der Waals surface area contributed by atoms with Crippen molar-refractivity contribution in [2.45, 2.75) is 35.1 Å². The highest BCUT2D eigenvalue weighted by Gasteiger charge is 2.14. The molecule has 0 aliphatic rings. The number of hydrogen-bond acceptors (Lipinski definition) is 9. The Morgan fingerprint density at radius 1 is 0.717 bits per heavy atom. The van der Waals surface area contributed by atoms with E-state index in [1.807, 2.05) is 62.4 Å². The molecule has 0 aliphatic carbocycles. The number of oxazole rings is 2. The number of H-pyrrole nitrogens is 2. The monoisotopic (exact) mass is 632 g/mol. The summed E-state index contributed by atoms with van der Waals surface area (Å²) in [6.07, 6.45) is 0. The summed E-state index contributed by atoms with van der Waals surface area (Å²) in [7, 11) is 3.93. The van der Waals surface area contributed by atoms with Gasteiger partial charge >= 0.3 is 0 Å². The molecule has 0 amide bonds. The smallest absolute Gasteiger partial charge is 0.227 e. The molecule has 4 aromatic heterocycles. The largest absolute Gasteiger partial charge is 0.508 e. The van der Waals surface area contributed by atoms with Crippen molar-refractivity contribution < 1.29 is 23.6 Å². The Hall–Kier alpha value is -5.48. The third-order valence-electron chi connectivity index (χ3n) is 7.08. The lowest BCUT2D eigenvalue weighted by atomic mass is 10.1. The fourth-order valence-corrected chi connectivity index (χ4v) is 4.92. The number of rotatable bonds is 2. The Labute approximate surface area is 266 Å². The molecular weight excluding hydrogens is 602 g/mol. The number of aryl methyl sites for hydroxylation is 4. The van der Waals surface area contributed by atoms with Crippen molar-refractivity contribution >= 4 is 60.2 Å². The SMILES string of the molecule is C.Cc1ccc(-c2nc3cc4nc(C)oc4cc3o2)cc1.Cc1nc2cc3nc(-c4cc(O)c(C)cc4O)[nH]c3cc2[nH]1.[B]P=O. The van der Waals surface area contributed by atoms with Gasteiger partial charge in [0, 0.05) is 18.6 Å². The number of aromatic amines is 2. The molecule has 46 heavy (non-hydrogen) atoms. The van der Waals surface area contributed by atoms with Crippen LogP contribution in [-0.4, -0.2) is 47.7 Å². The van der Waals surface area contributed by atoms with Crippen molar-refractivity contribution in [3.63, 3.8) is 0 Å². The van der Waals surface area contributed by atoms with E-state index < -0.39 is 0 Å². The van der Waals surface area contributed by atoms with Gasteiger partial charge in [-0.15, -0.1) is 0 Å². The van der Waals surface area contributed by atoms with Crippen molar-refractivity contribution in [2.75, 3.05) is 0 Å². The molecule has 4 heterocycles. The normalized spacial score (nSPS) is 11.0. The molecule has 0 fully saturated rings. The fourth-order valence-electron chi connectivity index (χ4n) is 4.92. The Balaban J connectivity index is 0.000000164. The summed E-state index contributed by atoms with van der Waals surface area (Å²) >= 11 is 0. The molecule has 0 bridgehead atoms. The zero-order valence-electron chi connectivity index (χ0n) is 24.7. The van der Waals surface area contributed by atoms with E-state index in [0.717, 1.165) is 50.1 Å². The molecule has 8 rings (SSSR count). The zero-order chi connectivity index (χ0) is 31.8. The molecule has 13 heteroatoms. The van der Waals surface area contributed by atoms with Crippen molar-refractivity contribution in [1.82, 2.24) is 29.9 Å². The van der Waals surface area contributed by atoms with Crippen LogP contribution in [0, 0.1) is 27.7 Å². The second kappa shape index (κ2) is 12.9. The lowest BCUT2D eigenvalue weighted by Crippen LogP contribution is -1.84. The van der Waals surface area contributed by atoms with Crippen LogP contribution >= 0.6 is 8.34 Å². The van der Waals surface area contributed by atoms with Gasteiger partial charge < -0.3 is 29.0 Å². The quantitative estimate of drug-likeness (QED) is 0.0831. The molecule has 8 aromatic rings. The number of aromatic nitrogens is 6. The molecule has 11 nitrogen and oxygen atoms in total. The minimum Gasteiger partial charge on any atom is -0.508 e. The van der Waals surface area contributed by atoms with Gasteiger partial charge in [0.15, 0.2) is 17.1 Å². The molecule has 4 aromatic carbocycles. The summed E-state index contributed by atoms with van der Waals surface area (Å²) < 4.78 is 20.0. The van der Waals surface area contributed by atoms with E-state index in [1.54, 1.807) is 6.92 Å². The Bertz CT molecular complexity index is 2240. The first-order valence-corrected chi connectivity index (χ1v) is 14.7. The van der Waals surface area contributed by atoms with Crippen LogP contribution in [0.4, 0.5) is 0 Å². The number of nitrogens with zero attached hydrogens (tertiary/aromatic N) is 4. The third-order valence-corrected chi connectivity index (χ3v) is 7.08. The average molecular weight is 632 g/mol. The lowest BCUT2D eigenvalue weighted by Gasteiger charge is -2.04. The number of phenolic OH excluding ortho intramolecular Hbond substituents is 2. The molecule has 0 saturated heterocycles. The first-order valence-electron chi connectivity index (χ1n) is 13.8. The van der Waals surface area contributed by atoms with Crippen molar-refractivity contribution in [1.29, 1.82) is 0 Å². The number of phenols is 2. The topological polar surface area (TPSA) is 167 Å². The van der Waals surface area contributed by atoms with Crippen LogP contribution in [0.2, 0.25) is 0 Å². The molecule has 0 atom stereocenters. The summed E-state index contributed by atoms with van der Waals surface area (Å²) in [5.74, 6) is 2.82. The Morgan fingerprint density at radius 3 is 2.09 bits per heavy atom. The van der Waals surface area contributed by atoms with E-state index in [2.05, 4.69) is 44.4 Å². The van der Waals surface area contributed by atoms with Gasteiger partial charge in [-0.2, -0.15) is 0 Å². The predicted octanol–water partition coefficient (Wildman–Crippen LogP) is 8.38. The van der Waals surface area contributed by atoms with Gasteiger partial charge in [0.1, 0.15) is 34.2 Å². The van der Waals surface area contributed by atoms with Crippen LogP contribution in [0.1, 0.15) is 30.3 Å². The molecule has 0 aliphatic heterocycles. The second-order valence-corrected chi connectivity index (χ2v) is 10.7. The standard InChI is InChI=1S/C16H14N4O2.C16H12N2O2.CH4.BOP/c1-7-3-15(22)9(4-14(7)21)16-19-12-5-10-11(6-13(12)20-16)18-8(2)17-10;1-9-3-5-11(6-4-9)16-18-13-7-12-14(8-15(13)20-16)19-10(2)17-12;;1-3-2/h3-6,21-22H,1-2H3,(H,17,18)(H,19,20);3-8H,1-2H3;1H4;. The lowest BCUT2D eigenvalue weighted by molar-refractivity contribution is 0.458. The maximum absolute atomic E-state index is 10.1. The van der Waals surface area contributed by atoms with E-state index >= 15 is 0 Å². The number of hydrogen-bond donors (Lipinski definition) is 4. The minimum absolute atomic E-state index is 0. The van der Waals surface area contributed by atoms with Crippen molar-refractivity contribution in [2.24, 2.45) is 0 Å². The Kier molecular flexibility index (Phi) is 8.93. The highest BCUT2D eigenvalue weighted by atomic mass is 31.1. The predicted molar refractivity (Wildman–Crippen MR) is 181 cm³/mol. The van der Waals surface area contributed by atoms with Gasteiger partial charge in [-0.05, 0) is 68.8 Å². The van der Waals surface area contributed by atoms with Crippen molar-refractivity contribution in [3.8, 4) is 34.3 Å². The van der Waals surface area contributed by atoms with Crippen LogP contribution in [0.3, 0.4) is 0 Å². The number of benzene rings is 4. The summed E-state index contributed by atoms with van der Waals surface area (Å²) in [5.41, 5.74) is 9.66. The van der Waals surface area contributed by atoms with Gasteiger partial charge in [-0.25, -0.2) is 19.9 Å². The third kappa shape index (κ3) is 6.34. The van der Waals surface area contributed by atoms with E-state index in [0.29, 0.717) is 34.3 Å². The molecule has 4 N–H and O–H groups in total. The van der Waals surface area contributed by atoms with Gasteiger partial charge in [0.05, 0.1) is 36.0 Å². The van der Waals surface area contributed by atoms with E-state index in [9.17, 15) is 10.2 Å². The summed E-state index contributed by atoms with van der Waals surface area (Å²) in [4.78, 5) is 24.1. The molecule has 0 spiro atoms. The maximum Gasteiger partial charge on any atom is 0.227 e. The van der Waals surface area contributed by atoms with Gasteiger partial charge in [0.25, 0.3) is 0 Å². The van der Waals surface area contributed by atoms with Crippen LogP contribution in [0.5, 0.6) is 11.5 Å². The van der Waals surface area contributed by atoms with Crippen LogP contribution < -0.4 is 0 Å². The molecule has 230 valence electrons. The van der Waals surface area contributed by atoms with Crippen molar-refractivity contribution in [3.05, 3.63) is 83.5 Å². The molecular formula is C33H30BN6O5P. The number of aromatic hydroxyl groups is 2. The highest BCUT2D eigenvalue weighted by Crippen LogP contribution is 2.34. The Morgan fingerprint density at radius 2 is 1.35 bits per heavy atom.